The lowest BCUT2D eigenvalue weighted by atomic mass is 9.95. The van der Waals surface area contributed by atoms with E-state index in [0.717, 1.165) is 11.4 Å². The van der Waals surface area contributed by atoms with E-state index in [1.807, 2.05) is 25.3 Å². The van der Waals surface area contributed by atoms with Gasteiger partial charge < -0.3 is 9.73 Å². The summed E-state index contributed by atoms with van der Waals surface area (Å²) in [5, 5.41) is 3.24. The molecule has 18 heavy (non-hydrogen) atoms. The first-order valence-corrected chi connectivity index (χ1v) is 6.24. The van der Waals surface area contributed by atoms with E-state index in [9.17, 15) is 0 Å². The SMILES string of the molecule is CNc1cccc(C(C)C)c1/C=C/c1ccco1. The molecule has 1 N–H and O–H groups in total. The third-order valence-corrected chi connectivity index (χ3v) is 2.99. The Morgan fingerprint density at radius 1 is 1.11 bits per heavy atom. The van der Waals surface area contributed by atoms with Crippen molar-refractivity contribution in [3.8, 4) is 0 Å². The highest BCUT2D eigenvalue weighted by atomic mass is 16.3. The summed E-state index contributed by atoms with van der Waals surface area (Å²) in [5.74, 6) is 1.37. The van der Waals surface area contributed by atoms with Crippen LogP contribution in [-0.2, 0) is 0 Å². The maximum Gasteiger partial charge on any atom is 0.126 e. The first kappa shape index (κ1) is 12.5. The van der Waals surface area contributed by atoms with Crippen molar-refractivity contribution in [3.05, 3.63) is 53.5 Å². The number of rotatable bonds is 4. The summed E-state index contributed by atoms with van der Waals surface area (Å²) in [6, 6.07) is 10.2. The first-order valence-electron chi connectivity index (χ1n) is 6.24. The number of hydrogen-bond donors (Lipinski definition) is 1. The normalized spacial score (nSPS) is 11.3. The van der Waals surface area contributed by atoms with E-state index >= 15 is 0 Å². The zero-order valence-electron chi connectivity index (χ0n) is 11.1. The van der Waals surface area contributed by atoms with Gasteiger partial charge in [0.1, 0.15) is 5.76 Å². The van der Waals surface area contributed by atoms with Gasteiger partial charge in [0, 0.05) is 18.3 Å². The number of anilines is 1. The van der Waals surface area contributed by atoms with Gasteiger partial charge in [0.05, 0.1) is 6.26 Å². The van der Waals surface area contributed by atoms with Crippen molar-refractivity contribution >= 4 is 17.8 Å². The number of hydrogen-bond acceptors (Lipinski definition) is 2. The molecule has 0 spiro atoms. The Labute approximate surface area is 108 Å². The molecule has 0 unspecified atom stereocenters. The first-order chi connectivity index (χ1) is 8.72. The number of benzene rings is 1. The van der Waals surface area contributed by atoms with Gasteiger partial charge in [-0.15, -0.1) is 0 Å². The molecule has 0 radical (unpaired) electrons. The summed E-state index contributed by atoms with van der Waals surface area (Å²) in [4.78, 5) is 0. The predicted molar refractivity (Wildman–Crippen MR) is 77.7 cm³/mol. The van der Waals surface area contributed by atoms with Gasteiger partial charge in [-0.3, -0.25) is 0 Å². The minimum Gasteiger partial charge on any atom is -0.465 e. The van der Waals surface area contributed by atoms with E-state index in [4.69, 9.17) is 4.42 Å². The number of nitrogens with one attached hydrogen (secondary N) is 1. The van der Waals surface area contributed by atoms with Crippen LogP contribution in [0.25, 0.3) is 12.2 Å². The topological polar surface area (TPSA) is 25.2 Å². The molecule has 0 aliphatic rings. The fourth-order valence-corrected chi connectivity index (χ4v) is 2.04. The average Bonchev–Trinajstić information content (AvgIpc) is 2.88. The molecular weight excluding hydrogens is 222 g/mol. The molecule has 94 valence electrons. The van der Waals surface area contributed by atoms with E-state index in [2.05, 4.69) is 43.4 Å². The minimum absolute atomic E-state index is 0.495. The second-order valence-corrected chi connectivity index (χ2v) is 4.56. The molecule has 2 heteroatoms. The van der Waals surface area contributed by atoms with E-state index in [1.165, 1.54) is 11.1 Å². The molecule has 0 saturated carbocycles. The summed E-state index contributed by atoms with van der Waals surface area (Å²) in [6.45, 7) is 4.41. The van der Waals surface area contributed by atoms with Gasteiger partial charge in [-0.05, 0) is 41.8 Å². The highest BCUT2D eigenvalue weighted by molar-refractivity contribution is 5.77. The number of furan rings is 1. The van der Waals surface area contributed by atoms with Crippen molar-refractivity contribution in [1.82, 2.24) is 0 Å². The Hall–Kier alpha value is -1.96. The molecule has 0 aliphatic heterocycles. The van der Waals surface area contributed by atoms with E-state index in [1.54, 1.807) is 6.26 Å². The summed E-state index contributed by atoms with van der Waals surface area (Å²) in [6.07, 6.45) is 5.80. The van der Waals surface area contributed by atoms with Crippen molar-refractivity contribution in [2.24, 2.45) is 0 Å². The van der Waals surface area contributed by atoms with Gasteiger partial charge in [-0.25, -0.2) is 0 Å². The van der Waals surface area contributed by atoms with Gasteiger partial charge in [0.15, 0.2) is 0 Å². The van der Waals surface area contributed by atoms with E-state index in [-0.39, 0.29) is 0 Å². The van der Waals surface area contributed by atoms with Crippen molar-refractivity contribution in [3.63, 3.8) is 0 Å². The monoisotopic (exact) mass is 241 g/mol. The largest absolute Gasteiger partial charge is 0.465 e. The lowest BCUT2D eigenvalue weighted by Crippen LogP contribution is -1.98. The van der Waals surface area contributed by atoms with Crippen LogP contribution in [0.2, 0.25) is 0 Å². The average molecular weight is 241 g/mol. The molecule has 2 rings (SSSR count). The van der Waals surface area contributed by atoms with Crippen molar-refractivity contribution in [1.29, 1.82) is 0 Å². The summed E-state index contributed by atoms with van der Waals surface area (Å²) in [5.41, 5.74) is 3.71. The zero-order valence-corrected chi connectivity index (χ0v) is 11.1. The van der Waals surface area contributed by atoms with Crippen LogP contribution in [0.1, 0.15) is 36.7 Å². The third kappa shape index (κ3) is 2.65. The van der Waals surface area contributed by atoms with E-state index in [0.29, 0.717) is 5.92 Å². The summed E-state index contributed by atoms with van der Waals surface area (Å²) in [7, 11) is 1.95. The maximum atomic E-state index is 5.32. The molecule has 1 aromatic heterocycles. The van der Waals surface area contributed by atoms with Gasteiger partial charge in [-0.1, -0.05) is 26.0 Å². The minimum atomic E-state index is 0.495. The van der Waals surface area contributed by atoms with Crippen LogP contribution < -0.4 is 5.32 Å². The fraction of sp³-hybridized carbons (Fsp3) is 0.250. The predicted octanol–water partition coefficient (Wildman–Crippen LogP) is 4.62. The molecular formula is C16H19NO. The smallest absolute Gasteiger partial charge is 0.126 e. The van der Waals surface area contributed by atoms with Gasteiger partial charge in [0.2, 0.25) is 0 Å². The summed E-state index contributed by atoms with van der Waals surface area (Å²) < 4.78 is 5.32. The molecule has 0 fully saturated rings. The second-order valence-electron chi connectivity index (χ2n) is 4.56. The molecule has 1 aromatic carbocycles. The Morgan fingerprint density at radius 2 is 1.94 bits per heavy atom. The van der Waals surface area contributed by atoms with Crippen LogP contribution in [0.3, 0.4) is 0 Å². The van der Waals surface area contributed by atoms with Crippen molar-refractivity contribution in [2.45, 2.75) is 19.8 Å². The standard InChI is InChI=1S/C16H19NO/c1-12(2)14-7-4-8-16(17-3)15(14)10-9-13-6-5-11-18-13/h4-12,17H,1-3H3/b10-9+. The van der Waals surface area contributed by atoms with Crippen LogP contribution in [0.5, 0.6) is 0 Å². The summed E-state index contributed by atoms with van der Waals surface area (Å²) >= 11 is 0. The van der Waals surface area contributed by atoms with Gasteiger partial charge >= 0.3 is 0 Å². The lowest BCUT2D eigenvalue weighted by Gasteiger charge is -2.14. The lowest BCUT2D eigenvalue weighted by molar-refractivity contribution is 0.557. The Morgan fingerprint density at radius 3 is 2.56 bits per heavy atom. The Bertz CT molecular complexity index is 524. The van der Waals surface area contributed by atoms with Crippen LogP contribution in [0.15, 0.2) is 41.0 Å². The van der Waals surface area contributed by atoms with Crippen LogP contribution in [0.4, 0.5) is 5.69 Å². The molecule has 2 nitrogen and oxygen atoms in total. The fourth-order valence-electron chi connectivity index (χ4n) is 2.04. The Balaban J connectivity index is 2.41. The highest BCUT2D eigenvalue weighted by Crippen LogP contribution is 2.28. The molecule has 0 bridgehead atoms. The molecule has 2 aromatic rings. The van der Waals surface area contributed by atoms with Crippen LogP contribution in [-0.4, -0.2) is 7.05 Å². The molecule has 0 saturated heterocycles. The third-order valence-electron chi connectivity index (χ3n) is 2.99. The highest BCUT2D eigenvalue weighted by Gasteiger charge is 2.07. The van der Waals surface area contributed by atoms with Crippen LogP contribution >= 0.6 is 0 Å². The van der Waals surface area contributed by atoms with E-state index < -0.39 is 0 Å². The molecule has 0 amide bonds. The molecule has 1 heterocycles. The van der Waals surface area contributed by atoms with Crippen molar-refractivity contribution < 1.29 is 4.42 Å². The Kier molecular flexibility index (Phi) is 3.88. The molecule has 0 atom stereocenters. The molecule has 0 aliphatic carbocycles. The zero-order chi connectivity index (χ0) is 13.0. The van der Waals surface area contributed by atoms with Gasteiger partial charge in [-0.2, -0.15) is 0 Å². The second kappa shape index (κ2) is 5.58. The maximum absolute atomic E-state index is 5.32. The van der Waals surface area contributed by atoms with Crippen molar-refractivity contribution in [2.75, 3.05) is 12.4 Å². The quantitative estimate of drug-likeness (QED) is 0.845. The van der Waals surface area contributed by atoms with Crippen LogP contribution in [0, 0.1) is 0 Å². The van der Waals surface area contributed by atoms with Gasteiger partial charge in [0.25, 0.3) is 0 Å².